The van der Waals surface area contributed by atoms with E-state index in [1.165, 1.54) is 18.9 Å². The van der Waals surface area contributed by atoms with Gasteiger partial charge >= 0.3 is 5.97 Å². The Labute approximate surface area is 111 Å². The lowest BCUT2D eigenvalue weighted by Gasteiger charge is -2.00. The van der Waals surface area contributed by atoms with Gasteiger partial charge in [0.1, 0.15) is 0 Å². The minimum atomic E-state index is -0.333. The maximum Gasteiger partial charge on any atom is 0.316 e. The van der Waals surface area contributed by atoms with Crippen LogP contribution in [0.3, 0.4) is 0 Å². The number of rotatable bonds is 3. The van der Waals surface area contributed by atoms with Crippen molar-refractivity contribution in [2.24, 2.45) is 0 Å². The van der Waals surface area contributed by atoms with E-state index in [0.717, 1.165) is 0 Å². The van der Waals surface area contributed by atoms with Gasteiger partial charge in [-0.25, -0.2) is 0 Å². The summed E-state index contributed by atoms with van der Waals surface area (Å²) >= 11 is 13.0. The number of nitrogens with zero attached hydrogens (tertiary/aromatic N) is 3. The zero-order valence-electron chi connectivity index (χ0n) is 8.68. The second-order valence-corrected chi connectivity index (χ2v) is 4.83. The molecule has 0 aliphatic carbocycles. The van der Waals surface area contributed by atoms with E-state index in [1.54, 1.807) is 16.7 Å². The van der Waals surface area contributed by atoms with Crippen molar-refractivity contribution in [2.45, 2.75) is 5.16 Å². The molecule has 8 heteroatoms. The number of pyridine rings is 1. The molecule has 0 unspecified atom stereocenters. The lowest BCUT2D eigenvalue weighted by atomic mass is 10.5. The van der Waals surface area contributed by atoms with Gasteiger partial charge in [-0.3, -0.25) is 9.20 Å². The fourth-order valence-corrected chi connectivity index (χ4v) is 2.43. The van der Waals surface area contributed by atoms with Crippen molar-refractivity contribution in [3.8, 4) is 0 Å². The van der Waals surface area contributed by atoms with Crippen LogP contribution < -0.4 is 0 Å². The molecule has 2 aromatic heterocycles. The zero-order chi connectivity index (χ0) is 12.4. The van der Waals surface area contributed by atoms with Crippen LogP contribution >= 0.6 is 35.0 Å². The fourth-order valence-electron chi connectivity index (χ4n) is 1.18. The van der Waals surface area contributed by atoms with Crippen LogP contribution in [0.4, 0.5) is 0 Å². The molecule has 0 saturated carbocycles. The van der Waals surface area contributed by atoms with Crippen molar-refractivity contribution in [1.29, 1.82) is 0 Å². The summed E-state index contributed by atoms with van der Waals surface area (Å²) in [5, 5.41) is 9.26. The number of hydrogen-bond donors (Lipinski definition) is 0. The van der Waals surface area contributed by atoms with E-state index in [-0.39, 0.29) is 11.7 Å². The molecule has 2 rings (SSSR count). The molecule has 0 radical (unpaired) electrons. The number of hydrogen-bond acceptors (Lipinski definition) is 5. The first-order valence-electron chi connectivity index (χ1n) is 4.51. The van der Waals surface area contributed by atoms with Crippen LogP contribution in [0.1, 0.15) is 0 Å². The van der Waals surface area contributed by atoms with Crippen molar-refractivity contribution < 1.29 is 9.53 Å². The minimum absolute atomic E-state index is 0.154. The van der Waals surface area contributed by atoms with Gasteiger partial charge in [0.25, 0.3) is 0 Å². The first kappa shape index (κ1) is 12.5. The molecule has 5 nitrogen and oxygen atoms in total. The summed E-state index contributed by atoms with van der Waals surface area (Å²) in [5.41, 5.74) is 0.503. The van der Waals surface area contributed by atoms with E-state index in [9.17, 15) is 4.79 Å². The standard InChI is InChI=1S/C9H7Cl2N3O2S/c1-16-7(15)4-17-9-13-12-8-6(11)2-5(10)3-14(8)9/h2-3H,4H2,1H3. The molecule has 0 atom stereocenters. The topological polar surface area (TPSA) is 56.5 Å². The molecule has 17 heavy (non-hydrogen) atoms. The van der Waals surface area contributed by atoms with Crippen molar-refractivity contribution in [1.82, 2.24) is 14.6 Å². The smallest absolute Gasteiger partial charge is 0.316 e. The Hall–Kier alpha value is -0.980. The molecule has 0 aliphatic heterocycles. The van der Waals surface area contributed by atoms with E-state index < -0.39 is 0 Å². The van der Waals surface area contributed by atoms with E-state index in [4.69, 9.17) is 23.2 Å². The molecule has 0 aromatic carbocycles. The number of carbonyl (C=O) groups is 1. The zero-order valence-corrected chi connectivity index (χ0v) is 11.0. The molecule has 0 N–H and O–H groups in total. The van der Waals surface area contributed by atoms with Gasteiger partial charge in [0.15, 0.2) is 10.8 Å². The van der Waals surface area contributed by atoms with Crippen LogP contribution in [-0.4, -0.2) is 33.4 Å². The molecule has 0 aliphatic rings. The number of methoxy groups -OCH3 is 1. The predicted octanol–water partition coefficient (Wildman–Crippen LogP) is 2.30. The average molecular weight is 292 g/mol. The Kier molecular flexibility index (Phi) is 3.76. The number of carbonyl (C=O) groups excluding carboxylic acids is 1. The van der Waals surface area contributed by atoms with Crippen LogP contribution in [0.15, 0.2) is 17.4 Å². The van der Waals surface area contributed by atoms with E-state index in [0.29, 0.717) is 20.8 Å². The minimum Gasteiger partial charge on any atom is -0.468 e. The summed E-state index contributed by atoms with van der Waals surface area (Å²) in [6.45, 7) is 0. The van der Waals surface area contributed by atoms with Crippen molar-refractivity contribution >= 4 is 46.6 Å². The van der Waals surface area contributed by atoms with E-state index in [1.807, 2.05) is 0 Å². The second-order valence-electron chi connectivity index (χ2n) is 3.05. The lowest BCUT2D eigenvalue weighted by molar-refractivity contribution is -0.137. The molecular formula is C9H7Cl2N3O2S. The van der Waals surface area contributed by atoms with Gasteiger partial charge in [0.05, 0.1) is 22.9 Å². The Morgan fingerprint density at radius 3 is 3.00 bits per heavy atom. The highest BCUT2D eigenvalue weighted by molar-refractivity contribution is 7.99. The Balaban J connectivity index is 2.32. The van der Waals surface area contributed by atoms with Crippen LogP contribution in [0.2, 0.25) is 10.0 Å². The number of thioether (sulfide) groups is 1. The monoisotopic (exact) mass is 291 g/mol. The van der Waals surface area contributed by atoms with Gasteiger partial charge in [-0.05, 0) is 6.07 Å². The Morgan fingerprint density at radius 2 is 2.29 bits per heavy atom. The van der Waals surface area contributed by atoms with Gasteiger partial charge in [-0.1, -0.05) is 35.0 Å². The highest BCUT2D eigenvalue weighted by atomic mass is 35.5. The summed E-state index contributed by atoms with van der Waals surface area (Å²) in [4.78, 5) is 11.0. The third kappa shape index (κ3) is 2.65. The first-order valence-corrected chi connectivity index (χ1v) is 6.25. The highest BCUT2D eigenvalue weighted by Crippen LogP contribution is 2.25. The summed E-state index contributed by atoms with van der Waals surface area (Å²) in [5.74, 6) is -0.179. The van der Waals surface area contributed by atoms with Crippen LogP contribution in [0.5, 0.6) is 0 Å². The van der Waals surface area contributed by atoms with Gasteiger partial charge < -0.3 is 4.74 Å². The van der Waals surface area contributed by atoms with Gasteiger partial charge in [0.2, 0.25) is 0 Å². The van der Waals surface area contributed by atoms with E-state index >= 15 is 0 Å². The molecular weight excluding hydrogens is 285 g/mol. The SMILES string of the molecule is COC(=O)CSc1nnc2c(Cl)cc(Cl)cn12. The Morgan fingerprint density at radius 1 is 1.53 bits per heavy atom. The van der Waals surface area contributed by atoms with E-state index in [2.05, 4.69) is 14.9 Å². The molecule has 0 saturated heterocycles. The molecule has 2 heterocycles. The predicted molar refractivity (Wildman–Crippen MR) is 65.7 cm³/mol. The number of halogens is 2. The largest absolute Gasteiger partial charge is 0.468 e. The quantitative estimate of drug-likeness (QED) is 0.642. The molecule has 0 amide bonds. The van der Waals surface area contributed by atoms with Crippen molar-refractivity contribution in [2.75, 3.05) is 12.9 Å². The Bertz CT molecular complexity index is 573. The summed E-state index contributed by atoms with van der Waals surface area (Å²) < 4.78 is 6.18. The molecule has 0 spiro atoms. The third-order valence-electron chi connectivity index (χ3n) is 1.94. The summed E-state index contributed by atoms with van der Waals surface area (Å²) in [7, 11) is 1.33. The van der Waals surface area contributed by atoms with Gasteiger partial charge in [0, 0.05) is 6.20 Å². The maximum absolute atomic E-state index is 11.0. The number of aromatic nitrogens is 3. The normalized spacial score (nSPS) is 10.8. The molecule has 90 valence electrons. The van der Waals surface area contributed by atoms with Crippen LogP contribution in [0, 0.1) is 0 Å². The van der Waals surface area contributed by atoms with Gasteiger partial charge in [-0.15, -0.1) is 10.2 Å². The van der Waals surface area contributed by atoms with Crippen molar-refractivity contribution in [3.05, 3.63) is 22.3 Å². The molecule has 2 aromatic rings. The summed E-state index contributed by atoms with van der Waals surface area (Å²) in [6, 6.07) is 1.59. The lowest BCUT2D eigenvalue weighted by Crippen LogP contribution is -2.03. The molecule has 0 fully saturated rings. The highest BCUT2D eigenvalue weighted by Gasteiger charge is 2.12. The maximum atomic E-state index is 11.0. The number of fused-ring (bicyclic) bond motifs is 1. The van der Waals surface area contributed by atoms with Gasteiger partial charge in [-0.2, -0.15) is 0 Å². The average Bonchev–Trinajstić information content (AvgIpc) is 2.69. The number of ether oxygens (including phenoxy) is 1. The van der Waals surface area contributed by atoms with Crippen molar-refractivity contribution in [3.63, 3.8) is 0 Å². The second kappa shape index (κ2) is 5.12. The third-order valence-corrected chi connectivity index (χ3v) is 3.34. The number of esters is 1. The first-order chi connectivity index (χ1) is 8.11. The van der Waals surface area contributed by atoms with Crippen LogP contribution in [0.25, 0.3) is 5.65 Å². The summed E-state index contributed by atoms with van der Waals surface area (Å²) in [6.07, 6.45) is 1.64. The molecule has 0 bridgehead atoms. The fraction of sp³-hybridized carbons (Fsp3) is 0.222. The van der Waals surface area contributed by atoms with Crippen LogP contribution in [-0.2, 0) is 9.53 Å².